The molecular formula is C13H13NO2S. The van der Waals surface area contributed by atoms with Gasteiger partial charge in [0.25, 0.3) is 5.03 Å². The van der Waals surface area contributed by atoms with Gasteiger partial charge in [0.05, 0.1) is 6.10 Å². The highest BCUT2D eigenvalue weighted by molar-refractivity contribution is 7.99. The minimum absolute atomic E-state index is 0.469. The molecule has 0 aliphatic heterocycles. The van der Waals surface area contributed by atoms with Crippen molar-refractivity contribution in [3.8, 4) is 0 Å². The molecule has 0 amide bonds. The number of rotatable bonds is 4. The molecule has 0 bridgehead atoms. The minimum atomic E-state index is -0.554. The van der Waals surface area contributed by atoms with E-state index in [1.165, 1.54) is 18.0 Å². The standard InChI is InChI=1S/C13H13NO2S/c15-12(11-6-2-1-3-7-11)10-17-13-8-4-5-9-14(13)16/h1-9,12,15H,10H2. The van der Waals surface area contributed by atoms with Crippen molar-refractivity contribution in [1.29, 1.82) is 0 Å². The van der Waals surface area contributed by atoms with Crippen LogP contribution in [0.25, 0.3) is 0 Å². The molecule has 0 radical (unpaired) electrons. The van der Waals surface area contributed by atoms with Crippen molar-refractivity contribution in [2.24, 2.45) is 0 Å². The van der Waals surface area contributed by atoms with Crippen LogP contribution in [0.3, 0.4) is 0 Å². The molecule has 0 fully saturated rings. The van der Waals surface area contributed by atoms with Gasteiger partial charge >= 0.3 is 0 Å². The Morgan fingerprint density at radius 3 is 2.53 bits per heavy atom. The van der Waals surface area contributed by atoms with E-state index in [-0.39, 0.29) is 0 Å². The van der Waals surface area contributed by atoms with E-state index in [9.17, 15) is 10.3 Å². The Balaban J connectivity index is 1.97. The summed E-state index contributed by atoms with van der Waals surface area (Å²) in [7, 11) is 0. The molecule has 17 heavy (non-hydrogen) atoms. The van der Waals surface area contributed by atoms with Crippen LogP contribution in [0.5, 0.6) is 0 Å². The number of benzene rings is 1. The van der Waals surface area contributed by atoms with Crippen LogP contribution in [0.2, 0.25) is 0 Å². The molecule has 0 saturated heterocycles. The van der Waals surface area contributed by atoms with Crippen LogP contribution >= 0.6 is 11.8 Å². The highest BCUT2D eigenvalue weighted by Gasteiger charge is 2.11. The third-order valence-electron chi connectivity index (χ3n) is 2.36. The molecule has 3 nitrogen and oxygen atoms in total. The zero-order valence-corrected chi connectivity index (χ0v) is 10.0. The fourth-order valence-corrected chi connectivity index (χ4v) is 2.34. The Hall–Kier alpha value is -1.52. The Morgan fingerprint density at radius 1 is 1.12 bits per heavy atom. The number of hydrogen-bond donors (Lipinski definition) is 1. The van der Waals surface area contributed by atoms with Crippen molar-refractivity contribution in [2.45, 2.75) is 11.1 Å². The van der Waals surface area contributed by atoms with E-state index >= 15 is 0 Å². The average Bonchev–Trinajstić information content (AvgIpc) is 2.38. The molecule has 1 unspecified atom stereocenters. The second-order valence-electron chi connectivity index (χ2n) is 3.60. The van der Waals surface area contributed by atoms with Gasteiger partial charge in [0.2, 0.25) is 0 Å². The second-order valence-corrected chi connectivity index (χ2v) is 4.64. The van der Waals surface area contributed by atoms with Crippen LogP contribution in [0, 0.1) is 5.21 Å². The predicted molar refractivity (Wildman–Crippen MR) is 67.5 cm³/mol. The third-order valence-corrected chi connectivity index (χ3v) is 3.46. The quantitative estimate of drug-likeness (QED) is 0.511. The first kappa shape index (κ1) is 12.0. The lowest BCUT2D eigenvalue weighted by Gasteiger charge is -2.09. The van der Waals surface area contributed by atoms with Gasteiger partial charge in [0.15, 0.2) is 6.20 Å². The fraction of sp³-hybridized carbons (Fsp3) is 0.154. The molecule has 0 aliphatic carbocycles. The van der Waals surface area contributed by atoms with Crippen LogP contribution in [0.1, 0.15) is 11.7 Å². The van der Waals surface area contributed by atoms with Crippen LogP contribution < -0.4 is 4.73 Å². The van der Waals surface area contributed by atoms with Crippen molar-refractivity contribution in [1.82, 2.24) is 0 Å². The van der Waals surface area contributed by atoms with Crippen LogP contribution in [0.15, 0.2) is 59.8 Å². The van der Waals surface area contributed by atoms with Crippen molar-refractivity contribution >= 4 is 11.8 Å². The maximum atomic E-state index is 11.4. The van der Waals surface area contributed by atoms with Crippen molar-refractivity contribution in [3.05, 3.63) is 65.5 Å². The van der Waals surface area contributed by atoms with Crippen LogP contribution in [0.4, 0.5) is 0 Å². The molecule has 1 atom stereocenters. The fourth-order valence-electron chi connectivity index (χ4n) is 1.46. The van der Waals surface area contributed by atoms with Gasteiger partial charge in [-0.25, -0.2) is 0 Å². The summed E-state index contributed by atoms with van der Waals surface area (Å²) in [4.78, 5) is 0. The molecular weight excluding hydrogens is 234 g/mol. The lowest BCUT2D eigenvalue weighted by atomic mass is 10.1. The summed E-state index contributed by atoms with van der Waals surface area (Å²) in [5.74, 6) is 0.469. The molecule has 0 aliphatic rings. The van der Waals surface area contributed by atoms with E-state index in [2.05, 4.69) is 0 Å². The SMILES string of the molecule is [O-][n+]1ccccc1SCC(O)c1ccccc1. The number of hydrogen-bond acceptors (Lipinski definition) is 3. The number of nitrogens with zero attached hydrogens (tertiary/aromatic N) is 1. The van der Waals surface area contributed by atoms with Gasteiger partial charge in [0.1, 0.15) is 0 Å². The average molecular weight is 247 g/mol. The third kappa shape index (κ3) is 3.22. The normalized spacial score (nSPS) is 12.3. The monoisotopic (exact) mass is 247 g/mol. The highest BCUT2D eigenvalue weighted by atomic mass is 32.2. The van der Waals surface area contributed by atoms with E-state index in [0.717, 1.165) is 10.3 Å². The van der Waals surface area contributed by atoms with E-state index in [4.69, 9.17) is 0 Å². The number of aliphatic hydroxyl groups is 1. The maximum absolute atomic E-state index is 11.4. The Kier molecular flexibility index (Phi) is 4.01. The number of aliphatic hydroxyl groups excluding tert-OH is 1. The van der Waals surface area contributed by atoms with Gasteiger partial charge in [-0.2, -0.15) is 4.73 Å². The lowest BCUT2D eigenvalue weighted by Crippen LogP contribution is -2.28. The minimum Gasteiger partial charge on any atom is -0.618 e. The smallest absolute Gasteiger partial charge is 0.251 e. The topological polar surface area (TPSA) is 47.2 Å². The molecule has 1 aromatic carbocycles. The first-order valence-corrected chi connectivity index (χ1v) is 6.30. The molecule has 2 rings (SSSR count). The summed E-state index contributed by atoms with van der Waals surface area (Å²) in [5, 5.41) is 21.9. The summed E-state index contributed by atoms with van der Waals surface area (Å²) < 4.78 is 0.808. The van der Waals surface area contributed by atoms with E-state index in [1.54, 1.807) is 12.1 Å². The van der Waals surface area contributed by atoms with E-state index in [1.807, 2.05) is 36.4 Å². The molecule has 0 spiro atoms. The maximum Gasteiger partial charge on any atom is 0.251 e. The summed E-state index contributed by atoms with van der Waals surface area (Å²) in [6, 6.07) is 14.7. The van der Waals surface area contributed by atoms with Gasteiger partial charge in [-0.15, -0.1) is 0 Å². The van der Waals surface area contributed by atoms with Crippen molar-refractivity contribution < 1.29 is 9.84 Å². The lowest BCUT2D eigenvalue weighted by molar-refractivity contribution is -0.645. The largest absolute Gasteiger partial charge is 0.618 e. The van der Waals surface area contributed by atoms with Gasteiger partial charge < -0.3 is 10.3 Å². The molecule has 88 valence electrons. The zero-order chi connectivity index (χ0) is 12.1. The molecule has 4 heteroatoms. The first-order chi connectivity index (χ1) is 8.27. The van der Waals surface area contributed by atoms with Crippen molar-refractivity contribution in [2.75, 3.05) is 5.75 Å². The predicted octanol–water partition coefficient (Wildman–Crippen LogP) is 2.15. The summed E-state index contributed by atoms with van der Waals surface area (Å²) in [5.41, 5.74) is 0.869. The van der Waals surface area contributed by atoms with Gasteiger partial charge in [0, 0.05) is 17.9 Å². The number of thioether (sulfide) groups is 1. The van der Waals surface area contributed by atoms with E-state index < -0.39 is 6.10 Å². The Morgan fingerprint density at radius 2 is 1.82 bits per heavy atom. The first-order valence-electron chi connectivity index (χ1n) is 5.31. The summed E-state index contributed by atoms with van der Waals surface area (Å²) >= 11 is 1.35. The molecule has 2 aromatic rings. The van der Waals surface area contributed by atoms with Crippen LogP contribution in [-0.2, 0) is 0 Å². The molecule has 0 saturated carbocycles. The van der Waals surface area contributed by atoms with Gasteiger partial charge in [-0.05, 0) is 11.6 Å². The summed E-state index contributed by atoms with van der Waals surface area (Å²) in [6.07, 6.45) is 0.901. The Bertz CT molecular complexity index is 476. The molecule has 1 N–H and O–H groups in total. The number of aromatic nitrogens is 1. The second kappa shape index (κ2) is 5.70. The molecule has 1 heterocycles. The van der Waals surface area contributed by atoms with Gasteiger partial charge in [-0.3, -0.25) is 0 Å². The highest BCUT2D eigenvalue weighted by Crippen LogP contribution is 2.21. The Labute approximate surface area is 104 Å². The van der Waals surface area contributed by atoms with Crippen molar-refractivity contribution in [3.63, 3.8) is 0 Å². The summed E-state index contributed by atoms with van der Waals surface area (Å²) in [6.45, 7) is 0. The zero-order valence-electron chi connectivity index (χ0n) is 9.19. The van der Waals surface area contributed by atoms with Crippen LogP contribution in [-0.4, -0.2) is 10.9 Å². The van der Waals surface area contributed by atoms with Gasteiger partial charge in [-0.1, -0.05) is 42.1 Å². The molecule has 1 aromatic heterocycles. The van der Waals surface area contributed by atoms with E-state index in [0.29, 0.717) is 10.8 Å². The number of pyridine rings is 1.